The fourth-order valence-corrected chi connectivity index (χ4v) is 1.70. The van der Waals surface area contributed by atoms with Crippen molar-refractivity contribution in [1.82, 2.24) is 0 Å². The normalized spacial score (nSPS) is 9.87. The second-order valence-corrected chi connectivity index (χ2v) is 4.12. The first-order valence-corrected chi connectivity index (χ1v) is 5.07. The minimum atomic E-state index is -0.582. The molecule has 1 aromatic rings. The molecular formula is C10H7Cl3O2. The molecule has 0 aliphatic heterocycles. The minimum Gasteiger partial charge on any atom is -0.420 e. The SMILES string of the molecule is C=C(C)C(=O)Oc1c(Cl)cc(Cl)cc1Cl. The highest BCUT2D eigenvalue weighted by atomic mass is 35.5. The Morgan fingerprint density at radius 3 is 2.13 bits per heavy atom. The Bertz CT molecular complexity index is 404. The van der Waals surface area contributed by atoms with Crippen LogP contribution < -0.4 is 4.74 Å². The van der Waals surface area contributed by atoms with Gasteiger partial charge in [-0.15, -0.1) is 0 Å². The molecule has 0 radical (unpaired) electrons. The molecule has 0 saturated heterocycles. The van der Waals surface area contributed by atoms with Gasteiger partial charge in [0.2, 0.25) is 0 Å². The summed E-state index contributed by atoms with van der Waals surface area (Å²) in [5.74, 6) is -0.489. The Morgan fingerprint density at radius 1 is 1.27 bits per heavy atom. The van der Waals surface area contributed by atoms with Crippen molar-refractivity contribution in [1.29, 1.82) is 0 Å². The zero-order chi connectivity index (χ0) is 11.6. The lowest BCUT2D eigenvalue weighted by Crippen LogP contribution is -2.08. The monoisotopic (exact) mass is 264 g/mol. The van der Waals surface area contributed by atoms with Crippen molar-refractivity contribution in [3.63, 3.8) is 0 Å². The summed E-state index contributed by atoms with van der Waals surface area (Å²) in [5.41, 5.74) is 0.261. The minimum absolute atomic E-state index is 0.0933. The van der Waals surface area contributed by atoms with E-state index in [2.05, 4.69) is 6.58 Å². The number of hydrogen-bond donors (Lipinski definition) is 0. The molecule has 80 valence electrons. The van der Waals surface area contributed by atoms with Crippen LogP contribution in [0.2, 0.25) is 15.1 Å². The number of hydrogen-bond acceptors (Lipinski definition) is 2. The third-order valence-corrected chi connectivity index (χ3v) is 2.29. The van der Waals surface area contributed by atoms with E-state index in [0.29, 0.717) is 5.02 Å². The maximum atomic E-state index is 11.2. The summed E-state index contributed by atoms with van der Waals surface area (Å²) in [6, 6.07) is 2.88. The summed E-state index contributed by atoms with van der Waals surface area (Å²) in [4.78, 5) is 11.2. The van der Waals surface area contributed by atoms with Gasteiger partial charge in [-0.3, -0.25) is 0 Å². The number of ether oxygens (including phenoxy) is 1. The topological polar surface area (TPSA) is 26.3 Å². The second kappa shape index (κ2) is 4.88. The highest BCUT2D eigenvalue weighted by molar-refractivity contribution is 6.40. The van der Waals surface area contributed by atoms with E-state index in [1.165, 1.54) is 19.1 Å². The van der Waals surface area contributed by atoms with E-state index >= 15 is 0 Å². The Kier molecular flexibility index (Phi) is 4.03. The quantitative estimate of drug-likeness (QED) is 0.456. The van der Waals surface area contributed by atoms with E-state index in [0.717, 1.165) is 0 Å². The first-order valence-electron chi connectivity index (χ1n) is 3.94. The van der Waals surface area contributed by atoms with Crippen LogP contribution in [0.15, 0.2) is 24.3 Å². The molecule has 5 heteroatoms. The number of carbonyl (C=O) groups excluding carboxylic acids is 1. The average molecular weight is 266 g/mol. The number of rotatable bonds is 2. The summed E-state index contributed by atoms with van der Waals surface area (Å²) in [6.07, 6.45) is 0. The van der Waals surface area contributed by atoms with E-state index in [-0.39, 0.29) is 21.4 Å². The molecule has 0 heterocycles. The van der Waals surface area contributed by atoms with E-state index in [1.54, 1.807) is 0 Å². The van der Waals surface area contributed by atoms with E-state index in [9.17, 15) is 4.79 Å². The molecular weight excluding hydrogens is 258 g/mol. The van der Waals surface area contributed by atoms with Crippen molar-refractivity contribution >= 4 is 40.8 Å². The van der Waals surface area contributed by atoms with Gasteiger partial charge in [0, 0.05) is 10.6 Å². The van der Waals surface area contributed by atoms with E-state index < -0.39 is 5.97 Å². The van der Waals surface area contributed by atoms with Crippen LogP contribution >= 0.6 is 34.8 Å². The zero-order valence-corrected chi connectivity index (χ0v) is 10.1. The van der Waals surface area contributed by atoms with Crippen LogP contribution in [0, 0.1) is 0 Å². The molecule has 0 atom stereocenters. The molecule has 0 aliphatic rings. The lowest BCUT2D eigenvalue weighted by atomic mass is 10.3. The molecule has 0 amide bonds. The Morgan fingerprint density at radius 2 is 1.73 bits per heavy atom. The van der Waals surface area contributed by atoms with Crippen LogP contribution in [0.25, 0.3) is 0 Å². The van der Waals surface area contributed by atoms with Crippen molar-refractivity contribution in [2.75, 3.05) is 0 Å². The predicted molar refractivity (Wildman–Crippen MR) is 61.9 cm³/mol. The van der Waals surface area contributed by atoms with Gasteiger partial charge >= 0.3 is 5.97 Å². The largest absolute Gasteiger partial charge is 0.420 e. The number of halogens is 3. The summed E-state index contributed by atoms with van der Waals surface area (Å²) < 4.78 is 4.93. The Labute approximate surface area is 102 Å². The highest BCUT2D eigenvalue weighted by Crippen LogP contribution is 2.36. The first kappa shape index (κ1) is 12.4. The van der Waals surface area contributed by atoms with Crippen molar-refractivity contribution in [2.45, 2.75) is 6.92 Å². The number of carbonyl (C=O) groups is 1. The summed E-state index contributed by atoms with van der Waals surface area (Å²) in [5, 5.41) is 0.740. The Hall–Kier alpha value is -0.700. The lowest BCUT2D eigenvalue weighted by molar-refractivity contribution is -0.130. The smallest absolute Gasteiger partial charge is 0.338 e. The van der Waals surface area contributed by atoms with Gasteiger partial charge in [-0.2, -0.15) is 0 Å². The van der Waals surface area contributed by atoms with Crippen molar-refractivity contribution in [2.24, 2.45) is 0 Å². The third-order valence-electron chi connectivity index (χ3n) is 1.51. The summed E-state index contributed by atoms with van der Waals surface area (Å²) >= 11 is 17.3. The van der Waals surface area contributed by atoms with Gasteiger partial charge < -0.3 is 4.74 Å². The van der Waals surface area contributed by atoms with Gasteiger partial charge in [-0.05, 0) is 19.1 Å². The van der Waals surface area contributed by atoms with Gasteiger partial charge in [0.25, 0.3) is 0 Å². The van der Waals surface area contributed by atoms with E-state index in [1.807, 2.05) is 0 Å². The van der Waals surface area contributed by atoms with Gasteiger partial charge in [-0.25, -0.2) is 4.79 Å². The molecule has 15 heavy (non-hydrogen) atoms. The summed E-state index contributed by atoms with van der Waals surface area (Å²) in [7, 11) is 0. The molecule has 0 aliphatic carbocycles. The van der Waals surface area contributed by atoms with Crippen LogP contribution in [0.4, 0.5) is 0 Å². The maximum Gasteiger partial charge on any atom is 0.338 e. The highest BCUT2D eigenvalue weighted by Gasteiger charge is 2.13. The molecule has 0 fully saturated rings. The molecule has 1 aromatic carbocycles. The fourth-order valence-electron chi connectivity index (χ4n) is 0.806. The standard InChI is InChI=1S/C10H7Cl3O2/c1-5(2)10(14)15-9-7(12)3-6(11)4-8(9)13/h3-4H,1H2,2H3. The van der Waals surface area contributed by atoms with Crippen molar-refractivity contribution in [3.05, 3.63) is 39.4 Å². The molecule has 0 saturated carbocycles. The molecule has 0 N–H and O–H groups in total. The van der Waals surface area contributed by atoms with Crippen LogP contribution in [-0.2, 0) is 4.79 Å². The molecule has 0 aromatic heterocycles. The van der Waals surface area contributed by atoms with Crippen molar-refractivity contribution in [3.8, 4) is 5.75 Å². The van der Waals surface area contributed by atoms with Gasteiger partial charge in [0.1, 0.15) is 0 Å². The summed E-state index contributed by atoms with van der Waals surface area (Å²) in [6.45, 7) is 4.97. The van der Waals surface area contributed by atoms with Gasteiger partial charge in [0.05, 0.1) is 10.0 Å². The first-order chi connectivity index (χ1) is 6.91. The lowest BCUT2D eigenvalue weighted by Gasteiger charge is -2.08. The van der Waals surface area contributed by atoms with Crippen LogP contribution in [0.3, 0.4) is 0 Å². The molecule has 2 nitrogen and oxygen atoms in total. The van der Waals surface area contributed by atoms with Gasteiger partial charge in [-0.1, -0.05) is 41.4 Å². The van der Waals surface area contributed by atoms with Crippen molar-refractivity contribution < 1.29 is 9.53 Å². The predicted octanol–water partition coefficient (Wildman–Crippen LogP) is 4.13. The van der Waals surface area contributed by atoms with Crippen LogP contribution in [-0.4, -0.2) is 5.97 Å². The Balaban J connectivity index is 3.05. The number of esters is 1. The average Bonchev–Trinajstić information content (AvgIpc) is 2.10. The molecule has 0 unspecified atom stereocenters. The zero-order valence-electron chi connectivity index (χ0n) is 7.81. The van der Waals surface area contributed by atoms with Gasteiger partial charge in [0.15, 0.2) is 5.75 Å². The molecule has 1 rings (SSSR count). The van der Waals surface area contributed by atoms with Crippen LogP contribution in [0.5, 0.6) is 5.75 Å². The third kappa shape index (κ3) is 3.13. The molecule has 0 bridgehead atoms. The number of benzene rings is 1. The second-order valence-electron chi connectivity index (χ2n) is 2.87. The fraction of sp³-hybridized carbons (Fsp3) is 0.100. The van der Waals surface area contributed by atoms with E-state index in [4.69, 9.17) is 39.5 Å². The van der Waals surface area contributed by atoms with Crippen LogP contribution in [0.1, 0.15) is 6.92 Å². The molecule has 0 spiro atoms. The maximum absolute atomic E-state index is 11.2.